The van der Waals surface area contributed by atoms with Crippen molar-refractivity contribution in [2.24, 2.45) is 0 Å². The Balaban J connectivity index is 0.000000561. The van der Waals surface area contributed by atoms with Gasteiger partial charge in [-0.2, -0.15) is 0 Å². The van der Waals surface area contributed by atoms with Crippen LogP contribution in [0.4, 0.5) is 0 Å². The fourth-order valence-corrected chi connectivity index (χ4v) is 1.46. The zero-order chi connectivity index (χ0) is 9.40. The Morgan fingerprint density at radius 2 is 2.08 bits per heavy atom. The number of rotatable bonds is 1. The van der Waals surface area contributed by atoms with E-state index in [0.29, 0.717) is 0 Å². The van der Waals surface area contributed by atoms with Gasteiger partial charge in [0.25, 0.3) is 0 Å². The maximum absolute atomic E-state index is 3.52. The van der Waals surface area contributed by atoms with Gasteiger partial charge in [0.05, 0.1) is 0 Å². The van der Waals surface area contributed by atoms with E-state index in [0.717, 1.165) is 6.04 Å². The highest BCUT2D eigenvalue weighted by Crippen LogP contribution is 1.99. The predicted molar refractivity (Wildman–Crippen MR) is 55.5 cm³/mol. The molecule has 0 amide bonds. The standard InChI is InChI=1S/C8H18N2.C2H6/c1-3-8-7-10(2)6-4-5-9-8;1-2/h8-9H,3-7H2,1-2H3;1-2H3. The minimum atomic E-state index is 0.729. The third-order valence-electron chi connectivity index (χ3n) is 2.17. The zero-order valence-corrected chi connectivity index (χ0v) is 9.06. The number of hydrogen-bond donors (Lipinski definition) is 1. The molecule has 0 aromatic rings. The van der Waals surface area contributed by atoms with E-state index < -0.39 is 0 Å². The van der Waals surface area contributed by atoms with Crippen molar-refractivity contribution in [2.45, 2.75) is 39.7 Å². The van der Waals surface area contributed by atoms with Crippen molar-refractivity contribution in [1.82, 2.24) is 10.2 Å². The van der Waals surface area contributed by atoms with E-state index in [4.69, 9.17) is 0 Å². The van der Waals surface area contributed by atoms with Crippen molar-refractivity contribution < 1.29 is 0 Å². The van der Waals surface area contributed by atoms with Crippen LogP contribution in [0.1, 0.15) is 33.6 Å². The fraction of sp³-hybridized carbons (Fsp3) is 1.00. The van der Waals surface area contributed by atoms with Gasteiger partial charge in [-0.3, -0.25) is 0 Å². The summed E-state index contributed by atoms with van der Waals surface area (Å²) in [6.07, 6.45) is 2.55. The minimum Gasteiger partial charge on any atom is -0.313 e. The molecule has 12 heavy (non-hydrogen) atoms. The van der Waals surface area contributed by atoms with Gasteiger partial charge in [0, 0.05) is 12.6 Å². The second kappa shape index (κ2) is 7.56. The van der Waals surface area contributed by atoms with Crippen LogP contribution in [0.5, 0.6) is 0 Å². The fourth-order valence-electron chi connectivity index (χ4n) is 1.46. The lowest BCUT2D eigenvalue weighted by Gasteiger charge is -2.18. The Kier molecular flexibility index (Phi) is 7.51. The number of nitrogens with zero attached hydrogens (tertiary/aromatic N) is 1. The molecular weight excluding hydrogens is 148 g/mol. The van der Waals surface area contributed by atoms with Crippen molar-refractivity contribution in [2.75, 3.05) is 26.7 Å². The highest BCUT2D eigenvalue weighted by Gasteiger charge is 2.11. The molecule has 0 bridgehead atoms. The molecule has 2 nitrogen and oxygen atoms in total. The molecule has 1 saturated heterocycles. The summed E-state index contributed by atoms with van der Waals surface area (Å²) in [6.45, 7) is 9.92. The van der Waals surface area contributed by atoms with Crippen molar-refractivity contribution >= 4 is 0 Å². The summed E-state index contributed by atoms with van der Waals surface area (Å²) < 4.78 is 0. The highest BCUT2D eigenvalue weighted by molar-refractivity contribution is 4.72. The maximum Gasteiger partial charge on any atom is 0.0192 e. The molecule has 0 saturated carbocycles. The smallest absolute Gasteiger partial charge is 0.0192 e. The quantitative estimate of drug-likeness (QED) is 0.648. The summed E-state index contributed by atoms with van der Waals surface area (Å²) in [5, 5.41) is 3.52. The molecule has 1 N–H and O–H groups in total. The zero-order valence-electron chi connectivity index (χ0n) is 9.06. The van der Waals surface area contributed by atoms with Crippen LogP contribution in [0, 0.1) is 0 Å². The maximum atomic E-state index is 3.52. The first-order chi connectivity index (χ1) is 5.83. The molecule has 1 atom stereocenters. The summed E-state index contributed by atoms with van der Waals surface area (Å²) in [5.41, 5.74) is 0. The van der Waals surface area contributed by atoms with Crippen LogP contribution in [-0.2, 0) is 0 Å². The Bertz CT molecular complexity index is 93.8. The van der Waals surface area contributed by atoms with Crippen LogP contribution >= 0.6 is 0 Å². The number of nitrogens with one attached hydrogen (secondary N) is 1. The molecule has 0 aliphatic carbocycles. The molecule has 2 heteroatoms. The lowest BCUT2D eigenvalue weighted by Crippen LogP contribution is -2.35. The van der Waals surface area contributed by atoms with Gasteiger partial charge in [0.15, 0.2) is 0 Å². The molecule has 1 unspecified atom stereocenters. The van der Waals surface area contributed by atoms with E-state index in [1.165, 1.54) is 32.5 Å². The van der Waals surface area contributed by atoms with E-state index in [9.17, 15) is 0 Å². The van der Waals surface area contributed by atoms with E-state index >= 15 is 0 Å². The van der Waals surface area contributed by atoms with Crippen LogP contribution in [0.25, 0.3) is 0 Å². The molecule has 1 heterocycles. The first-order valence-corrected chi connectivity index (χ1v) is 5.25. The second-order valence-corrected chi connectivity index (χ2v) is 3.18. The van der Waals surface area contributed by atoms with E-state index in [1.54, 1.807) is 0 Å². The highest BCUT2D eigenvalue weighted by atomic mass is 15.1. The Morgan fingerprint density at radius 3 is 2.67 bits per heavy atom. The second-order valence-electron chi connectivity index (χ2n) is 3.18. The van der Waals surface area contributed by atoms with E-state index in [-0.39, 0.29) is 0 Å². The van der Waals surface area contributed by atoms with Gasteiger partial charge in [0.1, 0.15) is 0 Å². The lowest BCUT2D eigenvalue weighted by atomic mass is 10.2. The summed E-state index contributed by atoms with van der Waals surface area (Å²) in [6, 6.07) is 0.729. The van der Waals surface area contributed by atoms with Crippen molar-refractivity contribution in [3.05, 3.63) is 0 Å². The summed E-state index contributed by atoms with van der Waals surface area (Å²) >= 11 is 0. The van der Waals surface area contributed by atoms with Crippen LogP contribution in [0.2, 0.25) is 0 Å². The molecule has 0 spiro atoms. The normalized spacial score (nSPS) is 25.5. The summed E-state index contributed by atoms with van der Waals surface area (Å²) in [5.74, 6) is 0. The largest absolute Gasteiger partial charge is 0.313 e. The Labute approximate surface area is 77.3 Å². The lowest BCUT2D eigenvalue weighted by molar-refractivity contribution is 0.320. The Morgan fingerprint density at radius 1 is 1.42 bits per heavy atom. The average molecular weight is 172 g/mol. The SMILES string of the molecule is CC.CCC1CN(C)CCCN1. The predicted octanol–water partition coefficient (Wildman–Crippen LogP) is 1.72. The molecule has 1 fully saturated rings. The van der Waals surface area contributed by atoms with Gasteiger partial charge >= 0.3 is 0 Å². The van der Waals surface area contributed by atoms with Gasteiger partial charge in [-0.1, -0.05) is 20.8 Å². The molecule has 0 radical (unpaired) electrons. The van der Waals surface area contributed by atoms with Gasteiger partial charge in [-0.25, -0.2) is 0 Å². The summed E-state index contributed by atoms with van der Waals surface area (Å²) in [4.78, 5) is 2.41. The van der Waals surface area contributed by atoms with Gasteiger partial charge in [-0.05, 0) is 33.0 Å². The molecule has 1 rings (SSSR count). The average Bonchev–Trinajstić information content (AvgIpc) is 2.33. The Hall–Kier alpha value is -0.0800. The van der Waals surface area contributed by atoms with Gasteiger partial charge in [0.2, 0.25) is 0 Å². The summed E-state index contributed by atoms with van der Waals surface area (Å²) in [7, 11) is 2.20. The van der Waals surface area contributed by atoms with Crippen molar-refractivity contribution in [1.29, 1.82) is 0 Å². The van der Waals surface area contributed by atoms with Crippen LogP contribution in [0.15, 0.2) is 0 Å². The monoisotopic (exact) mass is 172 g/mol. The number of hydrogen-bond acceptors (Lipinski definition) is 2. The third-order valence-corrected chi connectivity index (χ3v) is 2.17. The molecule has 1 aliphatic rings. The molecule has 74 valence electrons. The molecular formula is C10H24N2. The van der Waals surface area contributed by atoms with Crippen molar-refractivity contribution in [3.63, 3.8) is 0 Å². The first kappa shape index (κ1) is 11.9. The minimum absolute atomic E-state index is 0.729. The third kappa shape index (κ3) is 4.73. The van der Waals surface area contributed by atoms with Crippen LogP contribution in [-0.4, -0.2) is 37.6 Å². The van der Waals surface area contributed by atoms with Crippen LogP contribution < -0.4 is 5.32 Å². The van der Waals surface area contributed by atoms with Gasteiger partial charge < -0.3 is 10.2 Å². The molecule has 0 aromatic carbocycles. The first-order valence-electron chi connectivity index (χ1n) is 5.25. The molecule has 0 aromatic heterocycles. The van der Waals surface area contributed by atoms with Crippen molar-refractivity contribution in [3.8, 4) is 0 Å². The van der Waals surface area contributed by atoms with E-state index in [2.05, 4.69) is 24.2 Å². The number of likely N-dealkylation sites (N-methyl/N-ethyl adjacent to an activating group) is 1. The van der Waals surface area contributed by atoms with Crippen LogP contribution in [0.3, 0.4) is 0 Å². The van der Waals surface area contributed by atoms with Gasteiger partial charge in [-0.15, -0.1) is 0 Å². The van der Waals surface area contributed by atoms with E-state index in [1.807, 2.05) is 13.8 Å². The topological polar surface area (TPSA) is 15.3 Å². The molecule has 1 aliphatic heterocycles.